The fourth-order valence-corrected chi connectivity index (χ4v) is 5.58. The minimum absolute atomic E-state index is 0.178. The minimum Gasteiger partial charge on any atom is -0.298 e. The van der Waals surface area contributed by atoms with Crippen molar-refractivity contribution in [3.63, 3.8) is 0 Å². The van der Waals surface area contributed by atoms with Gasteiger partial charge in [-0.15, -0.1) is 11.3 Å². The van der Waals surface area contributed by atoms with Crippen LogP contribution >= 0.6 is 11.3 Å². The molecule has 0 radical (unpaired) electrons. The average Bonchev–Trinajstić information content (AvgIpc) is 3.30. The summed E-state index contributed by atoms with van der Waals surface area (Å²) in [5.41, 5.74) is 4.05. The van der Waals surface area contributed by atoms with E-state index in [1.165, 1.54) is 21.9 Å². The summed E-state index contributed by atoms with van der Waals surface area (Å²) >= 11 is 1.31. The van der Waals surface area contributed by atoms with Crippen molar-refractivity contribution >= 4 is 38.1 Å². The Balaban J connectivity index is 1.52. The SMILES string of the molecule is C[C@H]1Cc2cc(C(=O)Nc3nc(-c4ccc(C#N)cc4)cs3)ccc2N1S(C)(=O)=O. The number of carbonyl (C=O) groups is 1. The van der Waals surface area contributed by atoms with Gasteiger partial charge in [-0.1, -0.05) is 12.1 Å². The first-order chi connectivity index (χ1) is 14.3. The van der Waals surface area contributed by atoms with Crippen LogP contribution in [0.4, 0.5) is 10.8 Å². The molecule has 0 unspecified atom stereocenters. The van der Waals surface area contributed by atoms with Crippen molar-refractivity contribution in [3.8, 4) is 17.3 Å². The molecular formula is C21H18N4O3S2. The lowest BCUT2D eigenvalue weighted by Gasteiger charge is -2.21. The lowest BCUT2D eigenvalue weighted by molar-refractivity contribution is 0.102. The molecule has 2 heterocycles. The van der Waals surface area contributed by atoms with Gasteiger partial charge in [-0.2, -0.15) is 5.26 Å². The number of nitrogens with zero attached hydrogens (tertiary/aromatic N) is 3. The van der Waals surface area contributed by atoms with Crippen LogP contribution in [0.5, 0.6) is 0 Å². The number of hydrogen-bond acceptors (Lipinski definition) is 6. The molecule has 2 aromatic carbocycles. The second-order valence-electron chi connectivity index (χ2n) is 7.14. The van der Waals surface area contributed by atoms with Gasteiger partial charge in [0, 0.05) is 22.5 Å². The van der Waals surface area contributed by atoms with Crippen LogP contribution in [0.1, 0.15) is 28.4 Å². The van der Waals surface area contributed by atoms with Crippen LogP contribution in [-0.2, 0) is 16.4 Å². The van der Waals surface area contributed by atoms with Crippen molar-refractivity contribution in [2.45, 2.75) is 19.4 Å². The van der Waals surface area contributed by atoms with E-state index in [1.807, 2.05) is 24.4 Å². The molecule has 0 aliphatic carbocycles. The number of hydrogen-bond donors (Lipinski definition) is 1. The van der Waals surface area contributed by atoms with Gasteiger partial charge in [0.15, 0.2) is 5.13 Å². The summed E-state index contributed by atoms with van der Waals surface area (Å²) in [5.74, 6) is -0.302. The highest BCUT2D eigenvalue weighted by molar-refractivity contribution is 7.92. The highest BCUT2D eigenvalue weighted by Gasteiger charge is 2.32. The van der Waals surface area contributed by atoms with Crippen molar-refractivity contribution in [2.75, 3.05) is 15.9 Å². The van der Waals surface area contributed by atoms with Crippen LogP contribution in [0.2, 0.25) is 0 Å². The predicted octanol–water partition coefficient (Wildman–Crippen LogP) is 3.64. The zero-order valence-corrected chi connectivity index (χ0v) is 17.9. The highest BCUT2D eigenvalue weighted by Crippen LogP contribution is 2.35. The van der Waals surface area contributed by atoms with E-state index in [0.29, 0.717) is 34.1 Å². The first kappa shape index (κ1) is 20.1. The quantitative estimate of drug-likeness (QED) is 0.670. The fraction of sp³-hybridized carbons (Fsp3) is 0.190. The van der Waals surface area contributed by atoms with Gasteiger partial charge in [-0.05, 0) is 49.2 Å². The standard InChI is InChI=1S/C21H18N4O3S2/c1-13-9-17-10-16(7-8-19(17)25(13)30(2,27)28)20(26)24-21-23-18(12-29-21)15-5-3-14(11-22)4-6-15/h3-8,10,12-13H,9H2,1-2H3,(H,23,24,26)/t13-/m0/s1. The van der Waals surface area contributed by atoms with Crippen molar-refractivity contribution in [1.82, 2.24) is 4.98 Å². The van der Waals surface area contributed by atoms with E-state index >= 15 is 0 Å². The molecule has 0 fully saturated rings. The summed E-state index contributed by atoms with van der Waals surface area (Å²) in [6.45, 7) is 1.85. The summed E-state index contributed by atoms with van der Waals surface area (Å²) in [5, 5.41) is 14.0. The molecule has 7 nitrogen and oxygen atoms in total. The fourth-order valence-electron chi connectivity index (χ4n) is 3.60. The number of nitrogens with one attached hydrogen (secondary N) is 1. The first-order valence-corrected chi connectivity index (χ1v) is 11.9. The number of thiazole rings is 1. The third-order valence-electron chi connectivity index (χ3n) is 4.89. The van der Waals surface area contributed by atoms with Gasteiger partial charge in [-0.25, -0.2) is 13.4 Å². The van der Waals surface area contributed by atoms with E-state index in [2.05, 4.69) is 16.4 Å². The van der Waals surface area contributed by atoms with Crippen molar-refractivity contribution in [1.29, 1.82) is 5.26 Å². The molecule has 0 saturated heterocycles. The second-order valence-corrected chi connectivity index (χ2v) is 9.85. The Kier molecular flexibility index (Phi) is 5.05. The zero-order chi connectivity index (χ0) is 21.5. The Hall–Kier alpha value is -3.22. The third-order valence-corrected chi connectivity index (χ3v) is 6.92. The monoisotopic (exact) mass is 438 g/mol. The largest absolute Gasteiger partial charge is 0.298 e. The van der Waals surface area contributed by atoms with Crippen LogP contribution in [0.25, 0.3) is 11.3 Å². The minimum atomic E-state index is -3.37. The van der Waals surface area contributed by atoms with Gasteiger partial charge >= 0.3 is 0 Å². The molecule has 1 amide bonds. The molecule has 4 rings (SSSR count). The molecule has 1 aliphatic rings. The van der Waals surface area contributed by atoms with Gasteiger partial charge in [0.25, 0.3) is 5.91 Å². The normalized spacial score (nSPS) is 15.5. The van der Waals surface area contributed by atoms with Crippen LogP contribution in [0.15, 0.2) is 47.8 Å². The van der Waals surface area contributed by atoms with E-state index in [0.717, 1.165) is 11.1 Å². The Labute approximate surface area is 178 Å². The van der Waals surface area contributed by atoms with Gasteiger partial charge in [-0.3, -0.25) is 14.4 Å². The number of aromatic nitrogens is 1. The second kappa shape index (κ2) is 7.55. The molecular weight excluding hydrogens is 420 g/mol. The predicted molar refractivity (Wildman–Crippen MR) is 117 cm³/mol. The van der Waals surface area contributed by atoms with Crippen LogP contribution in [-0.4, -0.2) is 31.6 Å². The van der Waals surface area contributed by atoms with E-state index < -0.39 is 10.0 Å². The van der Waals surface area contributed by atoms with Crippen molar-refractivity contribution < 1.29 is 13.2 Å². The Morgan fingerprint density at radius 2 is 2.00 bits per heavy atom. The van der Waals surface area contributed by atoms with Crippen LogP contribution in [0, 0.1) is 11.3 Å². The molecule has 9 heteroatoms. The summed E-state index contributed by atoms with van der Waals surface area (Å²) in [6, 6.07) is 14.0. The van der Waals surface area contributed by atoms with Crippen molar-refractivity contribution in [2.24, 2.45) is 0 Å². The maximum absolute atomic E-state index is 12.7. The van der Waals surface area contributed by atoms with E-state index in [1.54, 1.807) is 30.3 Å². The summed E-state index contributed by atoms with van der Waals surface area (Å²) in [7, 11) is -3.37. The maximum atomic E-state index is 12.7. The van der Waals surface area contributed by atoms with Gasteiger partial charge in [0.1, 0.15) is 0 Å². The number of rotatable bonds is 4. The molecule has 1 aromatic heterocycles. The summed E-state index contributed by atoms with van der Waals surface area (Å²) in [4.78, 5) is 17.1. The number of amides is 1. The lowest BCUT2D eigenvalue weighted by atomic mass is 10.1. The molecule has 0 saturated carbocycles. The average molecular weight is 439 g/mol. The van der Waals surface area contributed by atoms with Crippen LogP contribution in [0.3, 0.4) is 0 Å². The van der Waals surface area contributed by atoms with Gasteiger partial charge in [0.05, 0.1) is 29.3 Å². The number of sulfonamides is 1. The zero-order valence-electron chi connectivity index (χ0n) is 16.3. The third kappa shape index (κ3) is 3.79. The van der Waals surface area contributed by atoms with E-state index in [9.17, 15) is 13.2 Å². The molecule has 1 atom stereocenters. The number of benzene rings is 2. The topological polar surface area (TPSA) is 103 Å². The Morgan fingerprint density at radius 1 is 1.27 bits per heavy atom. The molecule has 152 valence electrons. The summed E-state index contributed by atoms with van der Waals surface area (Å²) in [6.07, 6.45) is 1.75. The summed E-state index contributed by atoms with van der Waals surface area (Å²) < 4.78 is 25.5. The number of carbonyl (C=O) groups excluding carboxylic acids is 1. The number of fused-ring (bicyclic) bond motifs is 1. The smallest absolute Gasteiger partial charge is 0.257 e. The Morgan fingerprint density at radius 3 is 2.67 bits per heavy atom. The van der Waals surface area contributed by atoms with Gasteiger partial charge in [0.2, 0.25) is 10.0 Å². The maximum Gasteiger partial charge on any atom is 0.257 e. The van der Waals surface area contributed by atoms with Crippen molar-refractivity contribution in [3.05, 3.63) is 64.5 Å². The Bertz CT molecular complexity index is 1270. The molecule has 1 aliphatic heterocycles. The van der Waals surface area contributed by atoms with E-state index in [-0.39, 0.29) is 11.9 Å². The van der Waals surface area contributed by atoms with E-state index in [4.69, 9.17) is 5.26 Å². The molecule has 30 heavy (non-hydrogen) atoms. The lowest BCUT2D eigenvalue weighted by Crippen LogP contribution is -2.34. The first-order valence-electron chi connectivity index (χ1n) is 9.16. The van der Waals surface area contributed by atoms with Gasteiger partial charge < -0.3 is 0 Å². The molecule has 3 aromatic rings. The molecule has 0 bridgehead atoms. The number of anilines is 2. The molecule has 0 spiro atoms. The molecule has 1 N–H and O–H groups in total. The van der Waals surface area contributed by atoms with Crippen LogP contribution < -0.4 is 9.62 Å². The number of nitriles is 1. The highest BCUT2D eigenvalue weighted by atomic mass is 32.2.